The molecule has 0 aliphatic carbocycles. The molecule has 0 heterocycles. The van der Waals surface area contributed by atoms with E-state index in [4.69, 9.17) is 9.47 Å². The van der Waals surface area contributed by atoms with Crippen molar-refractivity contribution in [1.82, 2.24) is 0 Å². The zero-order valence-electron chi connectivity index (χ0n) is 28.7. The van der Waals surface area contributed by atoms with Gasteiger partial charge in [-0.05, 0) is 12.8 Å². The monoisotopic (exact) mass is 728 g/mol. The van der Waals surface area contributed by atoms with Crippen LogP contribution in [0.3, 0.4) is 0 Å². The quantitative estimate of drug-likeness (QED) is 0.0673. The molecule has 0 amide bonds. The lowest BCUT2D eigenvalue weighted by molar-refractivity contribution is -0.939. The van der Waals surface area contributed by atoms with Crippen LogP contribution in [0.5, 0.6) is 0 Å². The van der Waals surface area contributed by atoms with Crippen molar-refractivity contribution in [1.29, 1.82) is 0 Å². The van der Waals surface area contributed by atoms with Crippen molar-refractivity contribution in [3.63, 3.8) is 0 Å². The number of ether oxygens (including phenoxy) is 2. The van der Waals surface area contributed by atoms with Gasteiger partial charge in [-0.15, -0.1) is 0 Å². The van der Waals surface area contributed by atoms with E-state index >= 15 is 0 Å². The van der Waals surface area contributed by atoms with Crippen molar-refractivity contribution >= 4 is 11.9 Å². The summed E-state index contributed by atoms with van der Waals surface area (Å²) in [6.07, 6.45) is 25.5. The Labute approximate surface area is 282 Å². The van der Waals surface area contributed by atoms with Gasteiger partial charge in [-0.3, -0.25) is 0 Å². The van der Waals surface area contributed by atoms with Gasteiger partial charge in [-0.2, -0.15) is 0 Å². The van der Waals surface area contributed by atoms with Crippen LogP contribution < -0.4 is 34.0 Å². The molecule has 0 spiro atoms. The number of carbonyl (C=O) groups is 2. The predicted octanol–water partition coefficient (Wildman–Crippen LogP) is 2.08. The molecule has 0 aromatic rings. The SMILES string of the molecule is CCCCCCCCCCCCOC(=O)C[N+](C)(C)CC[N+](C)(C)CC(=O)OCCCCCCCCCCCC.[Br-].[Br-]. The van der Waals surface area contributed by atoms with Crippen LogP contribution in [0.1, 0.15) is 142 Å². The second-order valence-electron chi connectivity index (χ2n) is 13.4. The summed E-state index contributed by atoms with van der Waals surface area (Å²) in [5, 5.41) is 0. The van der Waals surface area contributed by atoms with E-state index in [-0.39, 0.29) is 45.9 Å². The van der Waals surface area contributed by atoms with Crippen LogP contribution in [-0.2, 0) is 19.1 Å². The molecule has 8 heteroatoms. The van der Waals surface area contributed by atoms with Crippen LogP contribution in [0.15, 0.2) is 0 Å². The highest BCUT2D eigenvalue weighted by Crippen LogP contribution is 2.12. The largest absolute Gasteiger partial charge is 1.00 e. The number of nitrogens with zero attached hydrogens (tertiary/aromatic N) is 2. The van der Waals surface area contributed by atoms with Gasteiger partial charge in [0.25, 0.3) is 0 Å². The number of hydrogen-bond acceptors (Lipinski definition) is 4. The second-order valence-corrected chi connectivity index (χ2v) is 13.4. The molecule has 6 nitrogen and oxygen atoms in total. The molecule has 0 unspecified atom stereocenters. The molecule has 0 aromatic heterocycles. The van der Waals surface area contributed by atoms with Gasteiger partial charge in [-0.25, -0.2) is 9.59 Å². The van der Waals surface area contributed by atoms with Gasteiger partial charge in [-0.1, -0.05) is 129 Å². The smallest absolute Gasteiger partial charge is 0.361 e. The average Bonchev–Trinajstić information content (AvgIpc) is 2.89. The molecule has 0 aliphatic heterocycles. The molecule has 0 N–H and O–H groups in total. The van der Waals surface area contributed by atoms with Crippen molar-refractivity contribution in [3.8, 4) is 0 Å². The number of rotatable bonds is 29. The van der Waals surface area contributed by atoms with Crippen molar-refractivity contribution in [2.45, 2.75) is 142 Å². The van der Waals surface area contributed by atoms with Crippen LogP contribution >= 0.6 is 0 Å². The van der Waals surface area contributed by atoms with Crippen molar-refractivity contribution in [2.24, 2.45) is 0 Å². The van der Waals surface area contributed by atoms with Gasteiger partial charge in [0.1, 0.15) is 13.1 Å². The first-order chi connectivity index (χ1) is 19.1. The van der Waals surface area contributed by atoms with Gasteiger partial charge in [0.15, 0.2) is 13.1 Å². The first-order valence-corrected chi connectivity index (χ1v) is 17.1. The molecule has 42 heavy (non-hydrogen) atoms. The summed E-state index contributed by atoms with van der Waals surface area (Å²) >= 11 is 0. The number of hydrogen-bond donors (Lipinski definition) is 0. The van der Waals surface area contributed by atoms with Crippen LogP contribution in [0.2, 0.25) is 0 Å². The van der Waals surface area contributed by atoms with Crippen LogP contribution in [0, 0.1) is 0 Å². The third-order valence-corrected chi connectivity index (χ3v) is 7.95. The third kappa shape index (κ3) is 32.7. The molecule has 0 atom stereocenters. The average molecular weight is 731 g/mol. The third-order valence-electron chi connectivity index (χ3n) is 7.95. The molecule has 0 rings (SSSR count). The number of quaternary nitrogens is 2. The van der Waals surface area contributed by atoms with E-state index < -0.39 is 0 Å². The lowest BCUT2D eigenvalue weighted by atomic mass is 10.1. The minimum atomic E-state index is -0.123. The maximum atomic E-state index is 12.4. The lowest BCUT2D eigenvalue weighted by Gasteiger charge is -2.34. The first-order valence-electron chi connectivity index (χ1n) is 17.1. The topological polar surface area (TPSA) is 52.6 Å². The fourth-order valence-corrected chi connectivity index (χ4v) is 5.04. The van der Waals surface area contributed by atoms with Gasteiger partial charge >= 0.3 is 11.9 Å². The molecular weight excluding hydrogens is 660 g/mol. The van der Waals surface area contributed by atoms with Crippen LogP contribution in [0.25, 0.3) is 0 Å². The van der Waals surface area contributed by atoms with Crippen LogP contribution in [0.4, 0.5) is 0 Å². The van der Waals surface area contributed by atoms with E-state index in [2.05, 4.69) is 42.0 Å². The molecule has 254 valence electrons. The Balaban J connectivity index is -0.00000760. The Morgan fingerprint density at radius 2 is 0.667 bits per heavy atom. The van der Waals surface area contributed by atoms with Gasteiger partial charge in [0.05, 0.1) is 41.4 Å². The summed E-state index contributed by atoms with van der Waals surface area (Å²) in [6.45, 7) is 7.89. The predicted molar refractivity (Wildman–Crippen MR) is 169 cm³/mol. The highest BCUT2D eigenvalue weighted by molar-refractivity contribution is 5.70. The van der Waals surface area contributed by atoms with E-state index in [1.54, 1.807) is 0 Å². The molecule has 0 saturated carbocycles. The normalized spacial score (nSPS) is 11.5. The summed E-state index contributed by atoms with van der Waals surface area (Å²) in [6, 6.07) is 0. The van der Waals surface area contributed by atoms with E-state index in [0.717, 1.165) is 38.8 Å². The summed E-state index contributed by atoms with van der Waals surface area (Å²) in [4.78, 5) is 24.8. The summed E-state index contributed by atoms with van der Waals surface area (Å²) in [5.74, 6) is -0.246. The summed E-state index contributed by atoms with van der Waals surface area (Å²) in [7, 11) is 8.24. The minimum absolute atomic E-state index is 0. The maximum Gasteiger partial charge on any atom is 0.361 e. The fraction of sp³-hybridized carbons (Fsp3) is 0.941. The summed E-state index contributed by atoms with van der Waals surface area (Å²) in [5.41, 5.74) is 0. The van der Waals surface area contributed by atoms with E-state index in [1.807, 2.05) is 0 Å². The number of esters is 2. The zero-order valence-corrected chi connectivity index (χ0v) is 31.8. The Kier molecular flexibility index (Phi) is 33.9. The molecule has 0 bridgehead atoms. The lowest BCUT2D eigenvalue weighted by Crippen LogP contribution is -3.00. The van der Waals surface area contributed by atoms with E-state index in [1.165, 1.54) is 103 Å². The molecule has 0 fully saturated rings. The number of unbranched alkanes of at least 4 members (excludes halogenated alkanes) is 18. The van der Waals surface area contributed by atoms with Gasteiger partial charge < -0.3 is 52.4 Å². The van der Waals surface area contributed by atoms with Crippen molar-refractivity contribution in [3.05, 3.63) is 0 Å². The highest BCUT2D eigenvalue weighted by Gasteiger charge is 2.28. The second kappa shape index (κ2) is 30.8. The minimum Gasteiger partial charge on any atom is -1.00 e. The maximum absolute atomic E-state index is 12.4. The number of halogens is 2. The van der Waals surface area contributed by atoms with Crippen LogP contribution in [-0.4, -0.2) is 88.5 Å². The first kappa shape index (κ1) is 46.2. The Bertz CT molecular complexity index is 566. The zero-order chi connectivity index (χ0) is 30.0. The van der Waals surface area contributed by atoms with Crippen molar-refractivity contribution < 1.29 is 62.0 Å². The molecule has 0 saturated heterocycles. The summed E-state index contributed by atoms with van der Waals surface area (Å²) < 4.78 is 12.2. The highest BCUT2D eigenvalue weighted by atomic mass is 79.9. The fourth-order valence-electron chi connectivity index (χ4n) is 5.04. The standard InChI is InChI=1S/C34H70N2O4.2BrH/c1-7-9-11-13-15-17-19-21-23-25-29-39-33(37)31-35(3,4)27-28-36(5,6)32-34(38)40-30-26-24-22-20-18-16-14-12-10-8-2;;/h7-32H2,1-6H3;2*1H/q+2;;/p-2. The molecule has 0 aromatic carbocycles. The van der Waals surface area contributed by atoms with E-state index in [9.17, 15) is 9.59 Å². The number of likely N-dealkylation sites (N-methyl/N-ethyl adjacent to an activating group) is 2. The molecule has 0 aliphatic rings. The Morgan fingerprint density at radius 1 is 0.429 bits per heavy atom. The van der Waals surface area contributed by atoms with Gasteiger partial charge in [0, 0.05) is 0 Å². The molecule has 0 radical (unpaired) electrons. The van der Waals surface area contributed by atoms with Gasteiger partial charge in [0.2, 0.25) is 0 Å². The number of carbonyl (C=O) groups excluding carboxylic acids is 2. The molecular formula is C34H70Br2N2O4. The van der Waals surface area contributed by atoms with E-state index in [0.29, 0.717) is 35.3 Å². The van der Waals surface area contributed by atoms with Crippen molar-refractivity contribution in [2.75, 3.05) is 67.6 Å². The Morgan fingerprint density at radius 3 is 0.929 bits per heavy atom. The Hall–Kier alpha value is -0.180.